The van der Waals surface area contributed by atoms with Gasteiger partial charge in [0.1, 0.15) is 0 Å². The normalized spacial score (nSPS) is 11.0. The van der Waals surface area contributed by atoms with Gasteiger partial charge in [-0.15, -0.1) is 17.9 Å². The number of aliphatic hydroxyl groups is 1. The molecule has 0 fully saturated rings. The number of ether oxygens (including phenoxy) is 1. The number of hydrogen-bond acceptors (Lipinski definition) is 5. The topological polar surface area (TPSA) is 50.0 Å². The molecule has 0 saturated carbocycles. The highest BCUT2D eigenvalue weighted by molar-refractivity contribution is 7.15. The van der Waals surface area contributed by atoms with Gasteiger partial charge in [-0.2, -0.15) is 0 Å². The lowest BCUT2D eigenvalue weighted by molar-refractivity contribution is 0.205. The van der Waals surface area contributed by atoms with Crippen molar-refractivity contribution in [1.82, 2.24) is 9.38 Å². The Kier molecular flexibility index (Phi) is 4.35. The summed E-state index contributed by atoms with van der Waals surface area (Å²) in [7, 11) is 1.67. The highest BCUT2D eigenvalue weighted by Gasteiger charge is 2.17. The standard InChI is InChI=1S/C12H17N3O2S/c1-3-4-14(5-7-17-2)11-10(9-16)15-6-8-18-12(15)13-11/h3,6,8,16H,1,4-5,7,9H2,2H3. The molecule has 2 heterocycles. The minimum atomic E-state index is -0.0339. The summed E-state index contributed by atoms with van der Waals surface area (Å²) in [6, 6.07) is 0. The molecule has 0 saturated heterocycles. The third-order valence-corrected chi connectivity index (χ3v) is 3.46. The SMILES string of the molecule is C=CCN(CCOC)c1nc2sccn2c1CO. The van der Waals surface area contributed by atoms with Crippen LogP contribution in [0.15, 0.2) is 24.2 Å². The lowest BCUT2D eigenvalue weighted by atomic mass is 10.3. The molecule has 2 aromatic rings. The zero-order valence-corrected chi connectivity index (χ0v) is 11.2. The average Bonchev–Trinajstić information content (AvgIpc) is 2.94. The Morgan fingerprint density at radius 1 is 1.67 bits per heavy atom. The van der Waals surface area contributed by atoms with Crippen molar-refractivity contribution >= 4 is 22.1 Å². The van der Waals surface area contributed by atoms with Crippen molar-refractivity contribution in [2.24, 2.45) is 0 Å². The number of methoxy groups -OCH3 is 1. The molecule has 6 heteroatoms. The van der Waals surface area contributed by atoms with Gasteiger partial charge in [-0.1, -0.05) is 6.08 Å². The van der Waals surface area contributed by atoms with Gasteiger partial charge in [0.05, 0.1) is 18.9 Å². The van der Waals surface area contributed by atoms with Gasteiger partial charge < -0.3 is 14.7 Å². The van der Waals surface area contributed by atoms with E-state index in [-0.39, 0.29) is 6.61 Å². The molecular weight excluding hydrogens is 250 g/mol. The minimum absolute atomic E-state index is 0.0339. The maximum absolute atomic E-state index is 9.53. The predicted octanol–water partition coefficient (Wildman–Crippen LogP) is 1.53. The number of aromatic nitrogens is 2. The van der Waals surface area contributed by atoms with Gasteiger partial charge in [0, 0.05) is 31.8 Å². The molecule has 2 aromatic heterocycles. The molecule has 2 rings (SSSR count). The summed E-state index contributed by atoms with van der Waals surface area (Å²) in [5.41, 5.74) is 0.809. The number of nitrogens with zero attached hydrogens (tertiary/aromatic N) is 3. The Morgan fingerprint density at radius 2 is 2.50 bits per heavy atom. The first-order valence-corrected chi connectivity index (χ1v) is 6.59. The summed E-state index contributed by atoms with van der Waals surface area (Å²) in [6.45, 7) is 5.74. The van der Waals surface area contributed by atoms with Crippen LogP contribution in [-0.4, -0.2) is 41.3 Å². The molecule has 0 amide bonds. The van der Waals surface area contributed by atoms with Gasteiger partial charge >= 0.3 is 0 Å². The maximum Gasteiger partial charge on any atom is 0.195 e. The third-order valence-electron chi connectivity index (χ3n) is 2.70. The number of thiazole rings is 1. The van der Waals surface area contributed by atoms with Crippen molar-refractivity contribution < 1.29 is 9.84 Å². The number of anilines is 1. The molecule has 0 radical (unpaired) electrons. The van der Waals surface area contributed by atoms with Gasteiger partial charge in [-0.25, -0.2) is 4.98 Å². The van der Waals surface area contributed by atoms with Crippen LogP contribution in [0.3, 0.4) is 0 Å². The fourth-order valence-electron chi connectivity index (χ4n) is 1.86. The zero-order chi connectivity index (χ0) is 13.0. The van der Waals surface area contributed by atoms with E-state index in [0.717, 1.165) is 23.0 Å². The molecule has 5 nitrogen and oxygen atoms in total. The molecule has 0 aliphatic heterocycles. The predicted molar refractivity (Wildman–Crippen MR) is 73.3 cm³/mol. The van der Waals surface area contributed by atoms with Crippen LogP contribution in [0.4, 0.5) is 5.82 Å². The van der Waals surface area contributed by atoms with Crippen molar-refractivity contribution in [1.29, 1.82) is 0 Å². The second-order valence-corrected chi connectivity index (χ2v) is 4.70. The quantitative estimate of drug-likeness (QED) is 0.773. The van der Waals surface area contributed by atoms with Crippen molar-refractivity contribution in [3.63, 3.8) is 0 Å². The van der Waals surface area contributed by atoms with Gasteiger partial charge in [-0.3, -0.25) is 4.40 Å². The van der Waals surface area contributed by atoms with Crippen LogP contribution in [0, 0.1) is 0 Å². The van der Waals surface area contributed by atoms with Crippen LogP contribution < -0.4 is 4.90 Å². The first-order valence-electron chi connectivity index (χ1n) is 5.72. The molecule has 98 valence electrons. The maximum atomic E-state index is 9.53. The molecule has 0 aromatic carbocycles. The lowest BCUT2D eigenvalue weighted by Gasteiger charge is -2.21. The van der Waals surface area contributed by atoms with Gasteiger partial charge in [0.25, 0.3) is 0 Å². The summed E-state index contributed by atoms with van der Waals surface area (Å²) < 4.78 is 7.02. The summed E-state index contributed by atoms with van der Waals surface area (Å²) >= 11 is 1.55. The monoisotopic (exact) mass is 267 g/mol. The van der Waals surface area contributed by atoms with Gasteiger partial charge in [-0.05, 0) is 0 Å². The Balaban J connectivity index is 2.35. The number of aliphatic hydroxyl groups excluding tert-OH is 1. The fourth-order valence-corrected chi connectivity index (χ4v) is 2.59. The first kappa shape index (κ1) is 13.1. The molecule has 0 bridgehead atoms. The van der Waals surface area contributed by atoms with Crippen molar-refractivity contribution in [3.05, 3.63) is 29.9 Å². The molecule has 0 unspecified atom stereocenters. The highest BCUT2D eigenvalue weighted by Crippen LogP contribution is 2.24. The Bertz CT molecular complexity index is 520. The van der Waals surface area contributed by atoms with Crippen LogP contribution in [0.1, 0.15) is 5.69 Å². The molecule has 1 N–H and O–H groups in total. The number of rotatable bonds is 7. The second-order valence-electron chi connectivity index (χ2n) is 3.82. The number of hydrogen-bond donors (Lipinski definition) is 1. The van der Waals surface area contributed by atoms with E-state index >= 15 is 0 Å². The van der Waals surface area contributed by atoms with Crippen molar-refractivity contribution in [2.45, 2.75) is 6.61 Å². The molecule has 0 atom stereocenters. The van der Waals surface area contributed by atoms with E-state index < -0.39 is 0 Å². The smallest absolute Gasteiger partial charge is 0.195 e. The van der Waals surface area contributed by atoms with Crippen LogP contribution in [-0.2, 0) is 11.3 Å². The van der Waals surface area contributed by atoms with E-state index in [1.807, 2.05) is 22.1 Å². The van der Waals surface area contributed by atoms with Gasteiger partial charge in [0.15, 0.2) is 10.8 Å². The fraction of sp³-hybridized carbons (Fsp3) is 0.417. The van der Waals surface area contributed by atoms with E-state index in [0.29, 0.717) is 13.2 Å². The van der Waals surface area contributed by atoms with E-state index in [9.17, 15) is 5.11 Å². The Labute approximate surface area is 110 Å². The summed E-state index contributed by atoms with van der Waals surface area (Å²) in [5, 5.41) is 11.5. The second kappa shape index (κ2) is 5.99. The molecule has 0 spiro atoms. The van der Waals surface area contributed by atoms with Gasteiger partial charge in [0.2, 0.25) is 0 Å². The van der Waals surface area contributed by atoms with Crippen molar-refractivity contribution in [3.8, 4) is 0 Å². The van der Waals surface area contributed by atoms with E-state index in [4.69, 9.17) is 4.74 Å². The molecule has 0 aliphatic rings. The van der Waals surface area contributed by atoms with Crippen LogP contribution in [0.25, 0.3) is 4.96 Å². The molecule has 0 aliphatic carbocycles. The summed E-state index contributed by atoms with van der Waals surface area (Å²) in [6.07, 6.45) is 3.74. The van der Waals surface area contributed by atoms with Crippen molar-refractivity contribution in [2.75, 3.05) is 31.7 Å². The van der Waals surface area contributed by atoms with Crippen LogP contribution in [0.5, 0.6) is 0 Å². The number of imidazole rings is 1. The Morgan fingerprint density at radius 3 is 3.17 bits per heavy atom. The van der Waals surface area contributed by atoms with E-state index in [2.05, 4.69) is 16.5 Å². The summed E-state index contributed by atoms with van der Waals surface area (Å²) in [5.74, 6) is 0.807. The highest BCUT2D eigenvalue weighted by atomic mass is 32.1. The first-order chi connectivity index (χ1) is 8.81. The molecule has 18 heavy (non-hydrogen) atoms. The largest absolute Gasteiger partial charge is 0.390 e. The van der Waals surface area contributed by atoms with E-state index in [1.54, 1.807) is 18.4 Å². The minimum Gasteiger partial charge on any atom is -0.390 e. The van der Waals surface area contributed by atoms with E-state index in [1.165, 1.54) is 0 Å². The number of fused-ring (bicyclic) bond motifs is 1. The average molecular weight is 267 g/mol. The third kappa shape index (κ3) is 2.40. The summed E-state index contributed by atoms with van der Waals surface area (Å²) in [4.78, 5) is 7.51. The van der Waals surface area contributed by atoms with Crippen LogP contribution >= 0.6 is 11.3 Å². The van der Waals surface area contributed by atoms with Crippen LogP contribution in [0.2, 0.25) is 0 Å². The zero-order valence-electron chi connectivity index (χ0n) is 10.4. The lowest BCUT2D eigenvalue weighted by Crippen LogP contribution is -2.28. The molecular formula is C12H17N3O2S. The Hall–Kier alpha value is -1.37.